The van der Waals surface area contributed by atoms with Gasteiger partial charge in [-0.3, -0.25) is 4.79 Å². The van der Waals surface area contributed by atoms with Gasteiger partial charge in [0.2, 0.25) is 5.95 Å². The van der Waals surface area contributed by atoms with Crippen molar-refractivity contribution in [2.45, 2.75) is 18.8 Å². The number of carbonyl (C=O) groups is 1. The van der Waals surface area contributed by atoms with Crippen LogP contribution in [0.3, 0.4) is 0 Å². The van der Waals surface area contributed by atoms with Gasteiger partial charge in [-0.25, -0.2) is 15.0 Å². The fraction of sp³-hybridized carbons (Fsp3) is 0.385. The largest absolute Gasteiger partial charge is 0.497 e. The van der Waals surface area contributed by atoms with E-state index in [-0.39, 0.29) is 17.8 Å². The molecule has 9 nitrogen and oxygen atoms in total. The number of likely N-dealkylation sites (tertiary alicyclic amines) is 1. The van der Waals surface area contributed by atoms with Gasteiger partial charge in [0.05, 0.1) is 26.0 Å². The Balaban J connectivity index is 1.38. The van der Waals surface area contributed by atoms with Crippen LogP contribution in [0.1, 0.15) is 34.8 Å². The van der Waals surface area contributed by atoms with E-state index in [1.165, 1.54) is 0 Å². The molecule has 0 bridgehead atoms. The Morgan fingerprint density at radius 2 is 1.91 bits per heavy atom. The molecule has 0 spiro atoms. The van der Waals surface area contributed by atoms with Gasteiger partial charge in [0.1, 0.15) is 11.6 Å². The summed E-state index contributed by atoms with van der Waals surface area (Å²) in [7, 11) is 1.65. The second-order valence-electron chi connectivity index (χ2n) is 8.85. The standard InChI is InChI=1S/C26H30N6O3/c1-34-21-6-4-18(5-7-21)22-16-29-26(27)30-24(22)20-3-2-10-32(17-20)25(33)19-8-9-28-23(15-19)31-11-13-35-14-12-31/h4-9,15-16,20H,2-3,10-14,17H2,1H3,(H2,27,29,30). The predicted octanol–water partition coefficient (Wildman–Crippen LogP) is 2.99. The zero-order valence-electron chi connectivity index (χ0n) is 19.9. The highest BCUT2D eigenvalue weighted by molar-refractivity contribution is 5.95. The van der Waals surface area contributed by atoms with Gasteiger partial charge in [0.15, 0.2) is 0 Å². The summed E-state index contributed by atoms with van der Waals surface area (Å²) in [6.45, 7) is 4.19. The number of anilines is 2. The Morgan fingerprint density at radius 3 is 2.69 bits per heavy atom. The zero-order chi connectivity index (χ0) is 24.2. The van der Waals surface area contributed by atoms with Gasteiger partial charge >= 0.3 is 0 Å². The van der Waals surface area contributed by atoms with E-state index in [0.29, 0.717) is 31.9 Å². The molecule has 0 aliphatic carbocycles. The fourth-order valence-corrected chi connectivity index (χ4v) is 4.80. The first-order chi connectivity index (χ1) is 17.1. The monoisotopic (exact) mass is 474 g/mol. The molecule has 2 N–H and O–H groups in total. The Bertz CT molecular complexity index is 1180. The van der Waals surface area contributed by atoms with Crippen LogP contribution in [-0.2, 0) is 4.74 Å². The molecular weight excluding hydrogens is 444 g/mol. The lowest BCUT2D eigenvalue weighted by atomic mass is 9.89. The highest BCUT2D eigenvalue weighted by Gasteiger charge is 2.29. The number of nitrogens with zero attached hydrogens (tertiary/aromatic N) is 5. The van der Waals surface area contributed by atoms with Crippen molar-refractivity contribution in [3.63, 3.8) is 0 Å². The van der Waals surface area contributed by atoms with Crippen molar-refractivity contribution >= 4 is 17.7 Å². The molecule has 3 aromatic rings. The van der Waals surface area contributed by atoms with Gasteiger partial charge < -0.3 is 25.0 Å². The number of hydrogen-bond donors (Lipinski definition) is 1. The highest BCUT2D eigenvalue weighted by atomic mass is 16.5. The van der Waals surface area contributed by atoms with Crippen molar-refractivity contribution in [1.29, 1.82) is 0 Å². The molecule has 182 valence electrons. The molecule has 1 unspecified atom stereocenters. The molecule has 0 saturated carbocycles. The number of morpholine rings is 1. The highest BCUT2D eigenvalue weighted by Crippen LogP contribution is 2.34. The van der Waals surface area contributed by atoms with Gasteiger partial charge in [-0.05, 0) is 42.7 Å². The molecule has 2 aliphatic heterocycles. The van der Waals surface area contributed by atoms with E-state index in [0.717, 1.165) is 54.3 Å². The molecule has 2 aliphatic rings. The van der Waals surface area contributed by atoms with E-state index in [1.807, 2.05) is 35.2 Å². The van der Waals surface area contributed by atoms with Gasteiger partial charge in [0.25, 0.3) is 5.91 Å². The Morgan fingerprint density at radius 1 is 1.11 bits per heavy atom. The minimum Gasteiger partial charge on any atom is -0.497 e. The molecule has 35 heavy (non-hydrogen) atoms. The van der Waals surface area contributed by atoms with Crippen molar-refractivity contribution in [1.82, 2.24) is 19.9 Å². The van der Waals surface area contributed by atoms with E-state index in [4.69, 9.17) is 15.2 Å². The lowest BCUT2D eigenvalue weighted by Crippen LogP contribution is -2.40. The topological polar surface area (TPSA) is 107 Å². The first kappa shape index (κ1) is 23.0. The summed E-state index contributed by atoms with van der Waals surface area (Å²) in [5.41, 5.74) is 9.44. The van der Waals surface area contributed by atoms with Crippen LogP contribution in [-0.4, -0.2) is 72.3 Å². The number of carbonyl (C=O) groups excluding carboxylic acids is 1. The van der Waals surface area contributed by atoms with Crippen molar-refractivity contribution in [2.75, 3.05) is 57.1 Å². The van der Waals surface area contributed by atoms with Crippen LogP contribution < -0.4 is 15.4 Å². The summed E-state index contributed by atoms with van der Waals surface area (Å²) in [6.07, 6.45) is 5.31. The van der Waals surface area contributed by atoms with Crippen LogP contribution in [0.15, 0.2) is 48.8 Å². The Labute approximate surface area is 204 Å². The number of amides is 1. The maximum absolute atomic E-state index is 13.5. The quantitative estimate of drug-likeness (QED) is 0.602. The van der Waals surface area contributed by atoms with E-state index in [1.54, 1.807) is 25.6 Å². The molecule has 1 aromatic carbocycles. The summed E-state index contributed by atoms with van der Waals surface area (Å²) in [5, 5.41) is 0. The lowest BCUT2D eigenvalue weighted by Gasteiger charge is -2.33. The Kier molecular flexibility index (Phi) is 6.76. The molecular formula is C26H30N6O3. The van der Waals surface area contributed by atoms with Crippen molar-refractivity contribution < 1.29 is 14.3 Å². The minimum absolute atomic E-state index is 0.0136. The fourth-order valence-electron chi connectivity index (χ4n) is 4.80. The van der Waals surface area contributed by atoms with E-state index >= 15 is 0 Å². The van der Waals surface area contributed by atoms with Crippen LogP contribution in [0, 0.1) is 0 Å². The van der Waals surface area contributed by atoms with Gasteiger partial charge in [0, 0.05) is 55.6 Å². The maximum Gasteiger partial charge on any atom is 0.254 e. The number of ether oxygens (including phenoxy) is 2. The average molecular weight is 475 g/mol. The number of nitrogens with two attached hydrogens (primary N) is 1. The Hall–Kier alpha value is -3.72. The number of aromatic nitrogens is 3. The summed E-state index contributed by atoms with van der Waals surface area (Å²) in [4.78, 5) is 30.9. The number of rotatable bonds is 5. The van der Waals surface area contributed by atoms with Crippen molar-refractivity contribution in [3.8, 4) is 16.9 Å². The minimum atomic E-state index is 0.0136. The molecule has 4 heterocycles. The summed E-state index contributed by atoms with van der Waals surface area (Å²) in [6, 6.07) is 11.5. The second-order valence-corrected chi connectivity index (χ2v) is 8.85. The number of nitrogen functional groups attached to an aromatic ring is 1. The molecule has 1 atom stereocenters. The SMILES string of the molecule is COc1ccc(-c2cnc(N)nc2C2CCCN(C(=O)c3ccnc(N4CCOCC4)c3)C2)cc1. The third-order valence-corrected chi connectivity index (χ3v) is 6.66. The second kappa shape index (κ2) is 10.3. The normalized spacial score (nSPS) is 18.4. The van der Waals surface area contributed by atoms with Crippen LogP contribution in [0.4, 0.5) is 11.8 Å². The van der Waals surface area contributed by atoms with Crippen molar-refractivity contribution in [2.24, 2.45) is 0 Å². The first-order valence-corrected chi connectivity index (χ1v) is 12.0. The smallest absolute Gasteiger partial charge is 0.254 e. The van der Waals surface area contributed by atoms with Gasteiger partial charge in [-0.2, -0.15) is 0 Å². The van der Waals surface area contributed by atoms with Gasteiger partial charge in [-0.15, -0.1) is 0 Å². The average Bonchev–Trinajstić information content (AvgIpc) is 2.93. The van der Waals surface area contributed by atoms with E-state index in [2.05, 4.69) is 19.9 Å². The molecule has 2 saturated heterocycles. The van der Waals surface area contributed by atoms with Gasteiger partial charge in [-0.1, -0.05) is 12.1 Å². The van der Waals surface area contributed by atoms with E-state index < -0.39 is 0 Å². The predicted molar refractivity (Wildman–Crippen MR) is 134 cm³/mol. The molecule has 5 rings (SSSR count). The number of methoxy groups -OCH3 is 1. The molecule has 1 amide bonds. The summed E-state index contributed by atoms with van der Waals surface area (Å²) >= 11 is 0. The van der Waals surface area contributed by atoms with Crippen molar-refractivity contribution in [3.05, 3.63) is 60.0 Å². The summed E-state index contributed by atoms with van der Waals surface area (Å²) < 4.78 is 10.7. The van der Waals surface area contributed by atoms with Crippen LogP contribution in [0.2, 0.25) is 0 Å². The molecule has 0 radical (unpaired) electrons. The number of pyridine rings is 1. The third kappa shape index (κ3) is 5.05. The molecule has 9 heteroatoms. The lowest BCUT2D eigenvalue weighted by molar-refractivity contribution is 0.0706. The van der Waals surface area contributed by atoms with Crippen LogP contribution in [0.5, 0.6) is 5.75 Å². The summed E-state index contributed by atoms with van der Waals surface area (Å²) in [5.74, 6) is 1.92. The molecule has 2 aromatic heterocycles. The van der Waals surface area contributed by atoms with Crippen LogP contribution in [0.25, 0.3) is 11.1 Å². The van der Waals surface area contributed by atoms with Crippen LogP contribution >= 0.6 is 0 Å². The first-order valence-electron chi connectivity index (χ1n) is 12.0. The zero-order valence-corrected chi connectivity index (χ0v) is 19.9. The number of hydrogen-bond acceptors (Lipinski definition) is 8. The number of benzene rings is 1. The molecule has 2 fully saturated rings. The third-order valence-electron chi connectivity index (χ3n) is 6.66. The number of piperidine rings is 1. The maximum atomic E-state index is 13.5. The van der Waals surface area contributed by atoms with E-state index in [9.17, 15) is 4.79 Å².